The minimum Gasteiger partial charge on any atom is -0.368 e. The number of anilines is 2. The van der Waals surface area contributed by atoms with Gasteiger partial charge in [0, 0.05) is 24.1 Å². The van der Waals surface area contributed by atoms with E-state index < -0.39 is 0 Å². The standard InChI is InChI=1S/C11H12BrN5/c1-17(2)11-15-9(14-10(13)16-11)7-3-5-8(12)6-4-7/h3-6H,1-2H3,(H2,13,14,15,16). The summed E-state index contributed by atoms with van der Waals surface area (Å²) >= 11 is 3.38. The quantitative estimate of drug-likeness (QED) is 0.917. The van der Waals surface area contributed by atoms with E-state index in [-0.39, 0.29) is 5.95 Å². The molecule has 0 fully saturated rings. The molecule has 0 atom stereocenters. The molecule has 2 N–H and O–H groups in total. The van der Waals surface area contributed by atoms with Gasteiger partial charge < -0.3 is 10.6 Å². The second-order valence-electron chi connectivity index (χ2n) is 3.72. The van der Waals surface area contributed by atoms with Crippen molar-refractivity contribution >= 4 is 27.8 Å². The van der Waals surface area contributed by atoms with Crippen LogP contribution in [0.3, 0.4) is 0 Å². The first-order valence-electron chi connectivity index (χ1n) is 5.01. The van der Waals surface area contributed by atoms with E-state index in [1.165, 1.54) is 0 Å². The van der Waals surface area contributed by atoms with Crippen LogP contribution in [0.25, 0.3) is 11.4 Å². The maximum absolute atomic E-state index is 5.67. The summed E-state index contributed by atoms with van der Waals surface area (Å²) in [6.45, 7) is 0. The Balaban J connectivity index is 2.48. The fourth-order valence-corrected chi connectivity index (χ4v) is 1.57. The molecule has 0 spiro atoms. The molecule has 6 heteroatoms. The molecule has 88 valence electrons. The molecule has 0 bridgehead atoms. The summed E-state index contributed by atoms with van der Waals surface area (Å²) in [5.41, 5.74) is 6.57. The highest BCUT2D eigenvalue weighted by molar-refractivity contribution is 9.10. The normalized spacial score (nSPS) is 10.3. The van der Waals surface area contributed by atoms with Gasteiger partial charge in [0.1, 0.15) is 0 Å². The van der Waals surface area contributed by atoms with Crippen molar-refractivity contribution in [3.8, 4) is 11.4 Å². The van der Waals surface area contributed by atoms with Gasteiger partial charge in [-0.1, -0.05) is 28.1 Å². The minimum atomic E-state index is 0.224. The molecule has 0 aliphatic rings. The highest BCUT2D eigenvalue weighted by atomic mass is 79.9. The lowest BCUT2D eigenvalue weighted by molar-refractivity contribution is 0.970. The fourth-order valence-electron chi connectivity index (χ4n) is 1.31. The number of halogens is 1. The number of hydrogen-bond donors (Lipinski definition) is 1. The molecule has 1 aromatic heterocycles. The minimum absolute atomic E-state index is 0.224. The van der Waals surface area contributed by atoms with Gasteiger partial charge in [-0.15, -0.1) is 0 Å². The average molecular weight is 294 g/mol. The van der Waals surface area contributed by atoms with Crippen molar-refractivity contribution in [2.24, 2.45) is 0 Å². The van der Waals surface area contributed by atoms with Gasteiger partial charge in [-0.05, 0) is 12.1 Å². The summed E-state index contributed by atoms with van der Waals surface area (Å²) in [7, 11) is 3.72. The second-order valence-corrected chi connectivity index (χ2v) is 4.63. The van der Waals surface area contributed by atoms with E-state index in [1.54, 1.807) is 4.90 Å². The number of rotatable bonds is 2. The number of benzene rings is 1. The SMILES string of the molecule is CN(C)c1nc(N)nc(-c2ccc(Br)cc2)n1. The van der Waals surface area contributed by atoms with E-state index in [9.17, 15) is 0 Å². The monoisotopic (exact) mass is 293 g/mol. The van der Waals surface area contributed by atoms with E-state index >= 15 is 0 Å². The van der Waals surface area contributed by atoms with Gasteiger partial charge in [0.15, 0.2) is 5.82 Å². The lowest BCUT2D eigenvalue weighted by Gasteiger charge is -2.11. The zero-order chi connectivity index (χ0) is 12.4. The van der Waals surface area contributed by atoms with Crippen molar-refractivity contribution in [1.29, 1.82) is 0 Å². The van der Waals surface area contributed by atoms with Crippen LogP contribution in [0, 0.1) is 0 Å². The van der Waals surface area contributed by atoms with Gasteiger partial charge in [-0.25, -0.2) is 0 Å². The van der Waals surface area contributed by atoms with Crippen LogP contribution < -0.4 is 10.6 Å². The summed E-state index contributed by atoms with van der Waals surface area (Å²) in [6, 6.07) is 7.73. The number of nitrogen functional groups attached to an aromatic ring is 1. The third kappa shape index (κ3) is 2.71. The number of hydrogen-bond acceptors (Lipinski definition) is 5. The Labute approximate surface area is 108 Å². The largest absolute Gasteiger partial charge is 0.368 e. The van der Waals surface area contributed by atoms with Gasteiger partial charge in [0.05, 0.1) is 0 Å². The Kier molecular flexibility index (Phi) is 3.23. The maximum Gasteiger partial charge on any atom is 0.230 e. The fraction of sp³-hybridized carbons (Fsp3) is 0.182. The summed E-state index contributed by atoms with van der Waals surface area (Å²) in [6.07, 6.45) is 0. The Morgan fingerprint density at radius 2 is 1.71 bits per heavy atom. The number of aromatic nitrogens is 3. The van der Waals surface area contributed by atoms with E-state index in [0.29, 0.717) is 11.8 Å². The molecule has 2 aromatic rings. The molecule has 0 aliphatic heterocycles. The van der Waals surface area contributed by atoms with Crippen molar-refractivity contribution < 1.29 is 0 Å². The van der Waals surface area contributed by atoms with Crippen LogP contribution >= 0.6 is 15.9 Å². The van der Waals surface area contributed by atoms with Crippen molar-refractivity contribution in [3.63, 3.8) is 0 Å². The molecule has 0 saturated heterocycles. The van der Waals surface area contributed by atoms with E-state index in [0.717, 1.165) is 10.0 Å². The van der Waals surface area contributed by atoms with Gasteiger partial charge in [-0.2, -0.15) is 15.0 Å². The van der Waals surface area contributed by atoms with Crippen LogP contribution in [-0.2, 0) is 0 Å². The van der Waals surface area contributed by atoms with Crippen molar-refractivity contribution in [2.45, 2.75) is 0 Å². The molecule has 0 aliphatic carbocycles. The molecule has 0 saturated carbocycles. The first kappa shape index (κ1) is 11.8. The molecule has 5 nitrogen and oxygen atoms in total. The van der Waals surface area contributed by atoms with Gasteiger partial charge in [0.25, 0.3) is 0 Å². The van der Waals surface area contributed by atoms with Crippen molar-refractivity contribution in [3.05, 3.63) is 28.7 Å². The zero-order valence-electron chi connectivity index (χ0n) is 9.55. The van der Waals surface area contributed by atoms with Crippen LogP contribution in [-0.4, -0.2) is 29.0 Å². The number of nitrogens with zero attached hydrogens (tertiary/aromatic N) is 4. The highest BCUT2D eigenvalue weighted by Gasteiger charge is 2.07. The van der Waals surface area contributed by atoms with Crippen molar-refractivity contribution in [1.82, 2.24) is 15.0 Å². The van der Waals surface area contributed by atoms with Gasteiger partial charge in [0.2, 0.25) is 11.9 Å². The third-order valence-electron chi connectivity index (χ3n) is 2.14. The lowest BCUT2D eigenvalue weighted by Crippen LogP contribution is -2.15. The van der Waals surface area contributed by atoms with Crippen molar-refractivity contribution in [2.75, 3.05) is 24.7 Å². The molecule has 17 heavy (non-hydrogen) atoms. The molecule has 1 heterocycles. The van der Waals surface area contributed by atoms with Crippen LogP contribution in [0.15, 0.2) is 28.7 Å². The Morgan fingerprint density at radius 1 is 1.06 bits per heavy atom. The average Bonchev–Trinajstić information content (AvgIpc) is 2.29. The third-order valence-corrected chi connectivity index (χ3v) is 2.67. The molecular weight excluding hydrogens is 282 g/mol. The first-order valence-corrected chi connectivity index (χ1v) is 5.80. The topological polar surface area (TPSA) is 67.9 Å². The molecule has 0 radical (unpaired) electrons. The van der Waals surface area contributed by atoms with Crippen LogP contribution in [0.5, 0.6) is 0 Å². The molecular formula is C11H12BrN5. The summed E-state index contributed by atoms with van der Waals surface area (Å²) in [5, 5.41) is 0. The molecule has 1 aromatic carbocycles. The summed E-state index contributed by atoms with van der Waals surface area (Å²) < 4.78 is 1.01. The highest BCUT2D eigenvalue weighted by Crippen LogP contribution is 2.20. The van der Waals surface area contributed by atoms with Crippen LogP contribution in [0.2, 0.25) is 0 Å². The first-order chi connectivity index (χ1) is 8.06. The van der Waals surface area contributed by atoms with E-state index in [1.807, 2.05) is 38.4 Å². The van der Waals surface area contributed by atoms with Gasteiger partial charge >= 0.3 is 0 Å². The zero-order valence-corrected chi connectivity index (χ0v) is 11.1. The smallest absolute Gasteiger partial charge is 0.230 e. The maximum atomic E-state index is 5.67. The van der Waals surface area contributed by atoms with Crippen LogP contribution in [0.4, 0.5) is 11.9 Å². The predicted molar refractivity (Wildman–Crippen MR) is 71.7 cm³/mol. The van der Waals surface area contributed by atoms with Gasteiger partial charge in [-0.3, -0.25) is 0 Å². The molecule has 0 unspecified atom stereocenters. The lowest BCUT2D eigenvalue weighted by atomic mass is 10.2. The summed E-state index contributed by atoms with van der Waals surface area (Å²) in [4.78, 5) is 14.3. The van der Waals surface area contributed by atoms with E-state index in [2.05, 4.69) is 30.9 Å². The second kappa shape index (κ2) is 4.67. The predicted octanol–water partition coefficient (Wildman–Crippen LogP) is 1.95. The number of nitrogens with two attached hydrogens (primary N) is 1. The summed E-state index contributed by atoms with van der Waals surface area (Å²) in [5.74, 6) is 1.35. The Hall–Kier alpha value is -1.69. The Bertz CT molecular complexity index is 524. The Morgan fingerprint density at radius 3 is 2.29 bits per heavy atom. The van der Waals surface area contributed by atoms with Crippen LogP contribution in [0.1, 0.15) is 0 Å². The molecule has 2 rings (SSSR count). The van der Waals surface area contributed by atoms with E-state index in [4.69, 9.17) is 5.73 Å². The molecule has 0 amide bonds.